The maximum atomic E-state index is 12.2. The van der Waals surface area contributed by atoms with E-state index in [4.69, 9.17) is 14.2 Å². The first-order valence-corrected chi connectivity index (χ1v) is 8.73. The lowest BCUT2D eigenvalue weighted by molar-refractivity contribution is -0.153. The van der Waals surface area contributed by atoms with Crippen molar-refractivity contribution < 1.29 is 23.8 Å². The Balaban J connectivity index is 1.73. The molecule has 2 heterocycles. The zero-order chi connectivity index (χ0) is 17.4. The number of fused-ring (bicyclic) bond motifs is 5. The topological polar surface area (TPSA) is 65.1 Å². The predicted molar refractivity (Wildman–Crippen MR) is 85.9 cm³/mol. The Kier molecular flexibility index (Phi) is 3.27. The molecule has 2 saturated heterocycles. The van der Waals surface area contributed by atoms with E-state index < -0.39 is 5.60 Å². The minimum Gasteiger partial charge on any atom is -0.458 e. The lowest BCUT2D eigenvalue weighted by Crippen LogP contribution is -2.36. The maximum Gasteiger partial charge on any atom is 0.334 e. The van der Waals surface area contributed by atoms with Crippen LogP contribution in [0.1, 0.15) is 40.5 Å². The quantitative estimate of drug-likeness (QED) is 0.336. The van der Waals surface area contributed by atoms with Gasteiger partial charge in [0.25, 0.3) is 0 Å². The molecule has 130 valence electrons. The van der Waals surface area contributed by atoms with Gasteiger partial charge in [-0.25, -0.2) is 4.79 Å². The van der Waals surface area contributed by atoms with Crippen molar-refractivity contribution in [2.75, 3.05) is 0 Å². The third-order valence-electron chi connectivity index (χ3n) is 6.14. The van der Waals surface area contributed by atoms with E-state index in [1.807, 2.05) is 20.8 Å². The largest absolute Gasteiger partial charge is 0.458 e. The van der Waals surface area contributed by atoms with Crippen molar-refractivity contribution in [3.8, 4) is 0 Å². The Labute approximate surface area is 142 Å². The molecule has 0 amide bonds. The van der Waals surface area contributed by atoms with Crippen molar-refractivity contribution in [3.63, 3.8) is 0 Å². The van der Waals surface area contributed by atoms with Crippen molar-refractivity contribution in [3.05, 3.63) is 23.3 Å². The molecule has 0 bridgehead atoms. The van der Waals surface area contributed by atoms with E-state index in [2.05, 4.69) is 13.5 Å². The SMILES string of the molecule is C=C1C(=O)OC2C1CCC(C)=C1C(OC(=O)C(C)C)C3OC3(C)C12. The van der Waals surface area contributed by atoms with Gasteiger partial charge in [-0.15, -0.1) is 0 Å². The minimum atomic E-state index is -0.420. The van der Waals surface area contributed by atoms with E-state index in [0.29, 0.717) is 5.57 Å². The van der Waals surface area contributed by atoms with E-state index in [9.17, 15) is 9.59 Å². The van der Waals surface area contributed by atoms with Gasteiger partial charge in [0.15, 0.2) is 6.10 Å². The number of hydrogen-bond acceptors (Lipinski definition) is 5. The molecule has 0 radical (unpaired) electrons. The summed E-state index contributed by atoms with van der Waals surface area (Å²) in [4.78, 5) is 24.2. The van der Waals surface area contributed by atoms with Gasteiger partial charge >= 0.3 is 11.9 Å². The van der Waals surface area contributed by atoms with Crippen LogP contribution < -0.4 is 0 Å². The van der Waals surface area contributed by atoms with Crippen LogP contribution in [0.15, 0.2) is 23.3 Å². The van der Waals surface area contributed by atoms with E-state index in [1.54, 1.807) is 0 Å². The van der Waals surface area contributed by atoms with Gasteiger partial charge in [0, 0.05) is 11.5 Å². The molecular formula is C19H24O5. The summed E-state index contributed by atoms with van der Waals surface area (Å²) < 4.78 is 17.4. The van der Waals surface area contributed by atoms with Crippen LogP contribution in [-0.2, 0) is 23.8 Å². The van der Waals surface area contributed by atoms with Crippen LogP contribution in [-0.4, -0.2) is 35.9 Å². The highest BCUT2D eigenvalue weighted by Crippen LogP contribution is 2.62. The van der Waals surface area contributed by atoms with Gasteiger partial charge in [0.2, 0.25) is 0 Å². The Morgan fingerprint density at radius 1 is 1.42 bits per heavy atom. The van der Waals surface area contributed by atoms with Gasteiger partial charge in [-0.1, -0.05) is 26.0 Å². The first-order chi connectivity index (χ1) is 11.3. The Morgan fingerprint density at radius 2 is 2.12 bits per heavy atom. The second-order valence-electron chi connectivity index (χ2n) is 7.99. The van der Waals surface area contributed by atoms with Gasteiger partial charge < -0.3 is 14.2 Å². The second kappa shape index (κ2) is 4.94. The summed E-state index contributed by atoms with van der Waals surface area (Å²) in [5.74, 6) is -0.725. The Morgan fingerprint density at radius 3 is 2.79 bits per heavy atom. The fourth-order valence-electron chi connectivity index (χ4n) is 4.69. The van der Waals surface area contributed by atoms with Crippen LogP contribution in [0, 0.1) is 17.8 Å². The van der Waals surface area contributed by atoms with Crippen LogP contribution in [0.3, 0.4) is 0 Å². The standard InChI is InChI=1S/C19H24O5/c1-8(2)17(20)23-15-12-9(3)6-7-11-10(4)18(21)22-14(11)13(12)19(5)16(15)24-19/h8,11,13-16H,4,6-7H2,1-3,5H3. The molecule has 24 heavy (non-hydrogen) atoms. The number of esters is 2. The predicted octanol–water partition coefficient (Wildman–Crippen LogP) is 2.55. The molecule has 5 heteroatoms. The maximum absolute atomic E-state index is 12.2. The molecule has 3 fully saturated rings. The molecule has 2 aliphatic carbocycles. The molecule has 0 aromatic rings. The van der Waals surface area contributed by atoms with Gasteiger partial charge in [0.1, 0.15) is 17.8 Å². The van der Waals surface area contributed by atoms with Crippen LogP contribution in [0.2, 0.25) is 0 Å². The second-order valence-corrected chi connectivity index (χ2v) is 7.99. The van der Waals surface area contributed by atoms with Crippen LogP contribution in [0.25, 0.3) is 0 Å². The molecule has 4 aliphatic rings. The van der Waals surface area contributed by atoms with Crippen molar-refractivity contribution in [1.29, 1.82) is 0 Å². The van der Waals surface area contributed by atoms with Crippen molar-refractivity contribution >= 4 is 11.9 Å². The lowest BCUT2D eigenvalue weighted by Gasteiger charge is -2.29. The Hall–Kier alpha value is -1.62. The summed E-state index contributed by atoms with van der Waals surface area (Å²) in [7, 11) is 0. The third kappa shape index (κ3) is 1.97. The first kappa shape index (κ1) is 15.9. The minimum absolute atomic E-state index is 0.0242. The molecular weight excluding hydrogens is 308 g/mol. The number of carbonyl (C=O) groups excluding carboxylic acids is 2. The number of hydrogen-bond donors (Lipinski definition) is 0. The number of ether oxygens (including phenoxy) is 3. The molecule has 0 aromatic heterocycles. The highest BCUT2D eigenvalue weighted by Gasteiger charge is 2.74. The van der Waals surface area contributed by atoms with E-state index in [1.165, 1.54) is 5.57 Å². The zero-order valence-corrected chi connectivity index (χ0v) is 14.6. The summed E-state index contributed by atoms with van der Waals surface area (Å²) >= 11 is 0. The fraction of sp³-hybridized carbons (Fsp3) is 0.684. The van der Waals surface area contributed by atoms with E-state index in [0.717, 1.165) is 18.4 Å². The number of allylic oxidation sites excluding steroid dienone is 1. The van der Waals surface area contributed by atoms with E-state index >= 15 is 0 Å². The summed E-state index contributed by atoms with van der Waals surface area (Å²) in [6.07, 6.45) is 0.950. The normalized spacial score (nSPS) is 43.1. The number of epoxide rings is 1. The molecule has 6 atom stereocenters. The fourth-order valence-corrected chi connectivity index (χ4v) is 4.69. The summed E-state index contributed by atoms with van der Waals surface area (Å²) in [6.45, 7) is 11.7. The molecule has 5 nitrogen and oxygen atoms in total. The molecule has 0 N–H and O–H groups in total. The van der Waals surface area contributed by atoms with Gasteiger partial charge in [-0.3, -0.25) is 4.79 Å². The van der Waals surface area contributed by atoms with Gasteiger partial charge in [-0.2, -0.15) is 0 Å². The highest BCUT2D eigenvalue weighted by molar-refractivity contribution is 5.91. The summed E-state index contributed by atoms with van der Waals surface area (Å²) in [6, 6.07) is 0. The van der Waals surface area contributed by atoms with E-state index in [-0.39, 0.29) is 48.0 Å². The average Bonchev–Trinajstić information content (AvgIpc) is 3.08. The summed E-state index contributed by atoms with van der Waals surface area (Å²) in [5, 5.41) is 0. The van der Waals surface area contributed by atoms with Crippen molar-refractivity contribution in [2.24, 2.45) is 17.8 Å². The highest BCUT2D eigenvalue weighted by atomic mass is 16.7. The first-order valence-electron chi connectivity index (χ1n) is 8.73. The number of carbonyl (C=O) groups is 2. The smallest absolute Gasteiger partial charge is 0.334 e. The van der Waals surface area contributed by atoms with Crippen molar-refractivity contribution in [2.45, 2.75) is 64.4 Å². The van der Waals surface area contributed by atoms with Crippen LogP contribution >= 0.6 is 0 Å². The molecule has 1 saturated carbocycles. The third-order valence-corrected chi connectivity index (χ3v) is 6.14. The average molecular weight is 332 g/mol. The molecule has 0 aromatic carbocycles. The lowest BCUT2D eigenvalue weighted by atomic mass is 9.81. The number of rotatable bonds is 2. The molecule has 2 aliphatic heterocycles. The summed E-state index contributed by atoms with van der Waals surface area (Å²) in [5.41, 5.74) is 2.49. The van der Waals surface area contributed by atoms with Crippen LogP contribution in [0.4, 0.5) is 0 Å². The zero-order valence-electron chi connectivity index (χ0n) is 14.6. The Bertz CT molecular complexity index is 675. The van der Waals surface area contributed by atoms with Crippen LogP contribution in [0.5, 0.6) is 0 Å². The molecule has 6 unspecified atom stereocenters. The molecule has 4 rings (SSSR count). The monoisotopic (exact) mass is 332 g/mol. The van der Waals surface area contributed by atoms with Gasteiger partial charge in [-0.05, 0) is 32.3 Å². The van der Waals surface area contributed by atoms with Crippen molar-refractivity contribution in [1.82, 2.24) is 0 Å². The molecule has 0 spiro atoms. The van der Waals surface area contributed by atoms with Gasteiger partial charge in [0.05, 0.1) is 11.8 Å².